The van der Waals surface area contributed by atoms with Gasteiger partial charge in [0.15, 0.2) is 0 Å². The second-order valence-electron chi connectivity index (χ2n) is 7.22. The van der Waals surface area contributed by atoms with E-state index in [-0.39, 0.29) is 18.5 Å². The second-order valence-corrected chi connectivity index (χ2v) is 7.22. The number of carboxylic acids is 1. The smallest absolute Gasteiger partial charge is 0.320 e. The molecule has 2 aliphatic rings. The number of aliphatic carboxylic acids is 1. The molecule has 24 heavy (non-hydrogen) atoms. The number of hydrogen-bond donors (Lipinski definition) is 2. The molecule has 0 aromatic heterocycles. The standard InChI is InChI=1S/C19H26N2O3/c1-12-7-8-15(9-13(12)2)20-18(22)11-21-16-6-4-3-5-14(16)10-17(21)19(23)24/h7-9,14,16-17H,3-6,10-11H2,1-2H3,(H,20,22)(H,23,24). The number of anilines is 1. The normalized spacial score (nSPS) is 26.8. The van der Waals surface area contributed by atoms with Crippen LogP contribution in [0.4, 0.5) is 5.69 Å². The summed E-state index contributed by atoms with van der Waals surface area (Å²) in [5.41, 5.74) is 3.09. The van der Waals surface area contributed by atoms with Crippen LogP contribution in [0.2, 0.25) is 0 Å². The highest BCUT2D eigenvalue weighted by atomic mass is 16.4. The first kappa shape index (κ1) is 17.0. The summed E-state index contributed by atoms with van der Waals surface area (Å²) in [5.74, 6) is -0.506. The summed E-state index contributed by atoms with van der Waals surface area (Å²) in [6.07, 6.45) is 5.07. The van der Waals surface area contributed by atoms with Crippen molar-refractivity contribution in [3.63, 3.8) is 0 Å². The molecule has 1 amide bonds. The molecule has 0 bridgehead atoms. The van der Waals surface area contributed by atoms with Gasteiger partial charge in [0.25, 0.3) is 0 Å². The summed E-state index contributed by atoms with van der Waals surface area (Å²) in [6.45, 7) is 4.20. The lowest BCUT2D eigenvalue weighted by atomic mass is 9.85. The Kier molecular flexibility index (Phi) is 4.90. The maximum absolute atomic E-state index is 12.5. The van der Waals surface area contributed by atoms with E-state index < -0.39 is 12.0 Å². The molecular formula is C19H26N2O3. The third-order valence-electron chi connectivity index (χ3n) is 5.62. The fraction of sp³-hybridized carbons (Fsp3) is 0.579. The number of carbonyl (C=O) groups excluding carboxylic acids is 1. The molecule has 3 unspecified atom stereocenters. The third kappa shape index (κ3) is 3.46. The van der Waals surface area contributed by atoms with Gasteiger partial charge in [0, 0.05) is 11.7 Å². The molecule has 1 aromatic carbocycles. The fourth-order valence-corrected chi connectivity index (χ4v) is 4.21. The zero-order valence-corrected chi connectivity index (χ0v) is 14.4. The summed E-state index contributed by atoms with van der Waals surface area (Å²) >= 11 is 0. The van der Waals surface area contributed by atoms with Crippen LogP contribution in [0.5, 0.6) is 0 Å². The van der Waals surface area contributed by atoms with Gasteiger partial charge in [-0.1, -0.05) is 18.9 Å². The van der Waals surface area contributed by atoms with E-state index in [1.807, 2.05) is 36.9 Å². The molecule has 3 rings (SSSR count). The molecule has 0 radical (unpaired) electrons. The number of amides is 1. The van der Waals surface area contributed by atoms with E-state index in [2.05, 4.69) is 5.32 Å². The number of carbonyl (C=O) groups is 2. The van der Waals surface area contributed by atoms with Crippen molar-refractivity contribution in [1.82, 2.24) is 4.90 Å². The van der Waals surface area contributed by atoms with Gasteiger partial charge in [-0.25, -0.2) is 0 Å². The maximum atomic E-state index is 12.5. The van der Waals surface area contributed by atoms with Crippen molar-refractivity contribution in [2.75, 3.05) is 11.9 Å². The Morgan fingerprint density at radius 1 is 1.21 bits per heavy atom. The van der Waals surface area contributed by atoms with Gasteiger partial charge in [0.2, 0.25) is 5.91 Å². The molecule has 5 nitrogen and oxygen atoms in total. The number of aryl methyl sites for hydroxylation is 2. The second kappa shape index (κ2) is 6.93. The van der Waals surface area contributed by atoms with Crippen molar-refractivity contribution in [3.8, 4) is 0 Å². The van der Waals surface area contributed by atoms with E-state index in [4.69, 9.17) is 0 Å². The van der Waals surface area contributed by atoms with Crippen LogP contribution in [0.1, 0.15) is 43.2 Å². The van der Waals surface area contributed by atoms with Crippen LogP contribution in [-0.4, -0.2) is 40.5 Å². The molecule has 130 valence electrons. The van der Waals surface area contributed by atoms with E-state index in [9.17, 15) is 14.7 Å². The minimum atomic E-state index is -0.802. The van der Waals surface area contributed by atoms with Crippen LogP contribution in [0.3, 0.4) is 0 Å². The SMILES string of the molecule is Cc1ccc(NC(=O)CN2C(C(=O)O)CC3CCCCC32)cc1C. The van der Waals surface area contributed by atoms with Gasteiger partial charge in [0.05, 0.1) is 6.54 Å². The number of benzene rings is 1. The van der Waals surface area contributed by atoms with Crippen LogP contribution in [-0.2, 0) is 9.59 Å². The number of likely N-dealkylation sites (tertiary alicyclic amines) is 1. The maximum Gasteiger partial charge on any atom is 0.320 e. The van der Waals surface area contributed by atoms with Crippen LogP contribution >= 0.6 is 0 Å². The Morgan fingerprint density at radius 2 is 1.96 bits per heavy atom. The summed E-state index contributed by atoms with van der Waals surface area (Å²) < 4.78 is 0. The minimum Gasteiger partial charge on any atom is -0.480 e. The molecule has 5 heteroatoms. The van der Waals surface area contributed by atoms with Crippen LogP contribution in [0, 0.1) is 19.8 Å². The summed E-state index contributed by atoms with van der Waals surface area (Å²) in [6, 6.07) is 5.55. The van der Waals surface area contributed by atoms with Gasteiger partial charge in [0.1, 0.15) is 6.04 Å². The van der Waals surface area contributed by atoms with E-state index in [1.165, 1.54) is 12.0 Å². The molecule has 0 spiro atoms. The quantitative estimate of drug-likeness (QED) is 0.890. The summed E-state index contributed by atoms with van der Waals surface area (Å²) in [7, 11) is 0. The van der Waals surface area contributed by atoms with Crippen molar-refractivity contribution < 1.29 is 14.7 Å². The number of carboxylic acid groups (broad SMARTS) is 1. The molecule has 1 heterocycles. The fourth-order valence-electron chi connectivity index (χ4n) is 4.21. The number of rotatable bonds is 4. The van der Waals surface area contributed by atoms with Crippen LogP contribution in [0.15, 0.2) is 18.2 Å². The first-order valence-electron chi connectivity index (χ1n) is 8.81. The molecule has 1 aromatic rings. The predicted molar refractivity (Wildman–Crippen MR) is 93.0 cm³/mol. The Labute approximate surface area is 143 Å². The Morgan fingerprint density at radius 3 is 2.67 bits per heavy atom. The lowest BCUT2D eigenvalue weighted by Crippen LogP contribution is -2.46. The van der Waals surface area contributed by atoms with Crippen molar-refractivity contribution in [1.29, 1.82) is 0 Å². The number of hydrogen-bond acceptors (Lipinski definition) is 3. The molecule has 3 atom stereocenters. The van der Waals surface area contributed by atoms with E-state index in [0.29, 0.717) is 12.3 Å². The zero-order valence-electron chi connectivity index (χ0n) is 14.4. The Hall–Kier alpha value is -1.88. The molecule has 1 saturated heterocycles. The molecule has 1 aliphatic carbocycles. The highest BCUT2D eigenvalue weighted by Crippen LogP contribution is 2.39. The largest absolute Gasteiger partial charge is 0.480 e. The van der Waals surface area contributed by atoms with Gasteiger partial charge in [-0.2, -0.15) is 0 Å². The molecular weight excluding hydrogens is 304 g/mol. The van der Waals surface area contributed by atoms with E-state index >= 15 is 0 Å². The zero-order chi connectivity index (χ0) is 17.3. The van der Waals surface area contributed by atoms with Crippen LogP contribution < -0.4 is 5.32 Å². The molecule has 1 saturated carbocycles. The van der Waals surface area contributed by atoms with Gasteiger partial charge >= 0.3 is 5.97 Å². The third-order valence-corrected chi connectivity index (χ3v) is 5.62. The van der Waals surface area contributed by atoms with Crippen molar-refractivity contribution in [2.45, 2.75) is 58.0 Å². The van der Waals surface area contributed by atoms with E-state index in [0.717, 1.165) is 30.5 Å². The summed E-state index contributed by atoms with van der Waals surface area (Å²) in [5, 5.41) is 12.4. The van der Waals surface area contributed by atoms with Gasteiger partial charge in [-0.15, -0.1) is 0 Å². The van der Waals surface area contributed by atoms with Crippen LogP contribution in [0.25, 0.3) is 0 Å². The van der Waals surface area contributed by atoms with Gasteiger partial charge in [-0.05, 0) is 62.3 Å². The first-order chi connectivity index (χ1) is 11.5. The molecule has 2 fully saturated rings. The van der Waals surface area contributed by atoms with Crippen molar-refractivity contribution in [3.05, 3.63) is 29.3 Å². The molecule has 2 N–H and O–H groups in total. The number of nitrogens with one attached hydrogen (secondary N) is 1. The number of nitrogens with zero attached hydrogens (tertiary/aromatic N) is 1. The van der Waals surface area contributed by atoms with Crippen molar-refractivity contribution in [2.24, 2.45) is 5.92 Å². The van der Waals surface area contributed by atoms with Gasteiger partial charge < -0.3 is 10.4 Å². The predicted octanol–water partition coefficient (Wildman–Crippen LogP) is 2.96. The average molecular weight is 330 g/mol. The monoisotopic (exact) mass is 330 g/mol. The summed E-state index contributed by atoms with van der Waals surface area (Å²) in [4.78, 5) is 26.0. The lowest BCUT2D eigenvalue weighted by molar-refractivity contribution is -0.143. The minimum absolute atomic E-state index is 0.129. The average Bonchev–Trinajstić information content (AvgIpc) is 2.90. The van der Waals surface area contributed by atoms with Gasteiger partial charge in [-0.3, -0.25) is 14.5 Å². The highest BCUT2D eigenvalue weighted by molar-refractivity contribution is 5.92. The Bertz CT molecular complexity index is 643. The molecule has 1 aliphatic heterocycles. The first-order valence-corrected chi connectivity index (χ1v) is 8.81. The lowest BCUT2D eigenvalue weighted by Gasteiger charge is -2.32. The van der Waals surface area contributed by atoms with Crippen molar-refractivity contribution >= 4 is 17.6 Å². The van der Waals surface area contributed by atoms with E-state index in [1.54, 1.807) is 0 Å². The number of fused-ring (bicyclic) bond motifs is 1. The topological polar surface area (TPSA) is 69.6 Å². The highest BCUT2D eigenvalue weighted by Gasteiger charge is 2.45. The Balaban J connectivity index is 1.69.